The average Bonchev–Trinajstić information content (AvgIpc) is 2.85. The van der Waals surface area contributed by atoms with Gasteiger partial charge in [0, 0.05) is 62.8 Å². The third-order valence-corrected chi connectivity index (χ3v) is 6.34. The van der Waals surface area contributed by atoms with Crippen LogP contribution in [0.15, 0.2) is 51.7 Å². The minimum Gasteiger partial charge on any atom is -0.448 e. The molecule has 2 aliphatic heterocycles. The molecule has 5 rings (SSSR count). The molecule has 9 heteroatoms. The van der Waals surface area contributed by atoms with Crippen LogP contribution in [0.5, 0.6) is 0 Å². The fourth-order valence-electron chi connectivity index (χ4n) is 4.37. The molecule has 34 heavy (non-hydrogen) atoms. The van der Waals surface area contributed by atoms with Gasteiger partial charge in [-0.2, -0.15) is 0 Å². The van der Waals surface area contributed by atoms with Gasteiger partial charge in [-0.25, -0.2) is 4.39 Å². The van der Waals surface area contributed by atoms with Crippen molar-refractivity contribution < 1.29 is 18.3 Å². The summed E-state index contributed by atoms with van der Waals surface area (Å²) in [7, 11) is 2.02. The number of hydrogen-bond donors (Lipinski definition) is 1. The molecule has 2 fully saturated rings. The Bertz CT molecular complexity index is 1250. The zero-order valence-electron chi connectivity index (χ0n) is 19.1. The zero-order chi connectivity index (χ0) is 23.7. The van der Waals surface area contributed by atoms with Gasteiger partial charge in [0.1, 0.15) is 5.82 Å². The van der Waals surface area contributed by atoms with Crippen molar-refractivity contribution in [3.63, 3.8) is 0 Å². The first-order valence-corrected chi connectivity index (χ1v) is 11.4. The maximum Gasteiger partial charge on any atom is 0.291 e. The second-order valence-electron chi connectivity index (χ2n) is 8.67. The summed E-state index contributed by atoms with van der Waals surface area (Å²) in [4.78, 5) is 32.1. The first-order valence-electron chi connectivity index (χ1n) is 11.4. The van der Waals surface area contributed by atoms with Crippen molar-refractivity contribution in [1.82, 2.24) is 4.90 Å². The molecule has 2 aromatic carbocycles. The number of halogens is 1. The highest BCUT2D eigenvalue weighted by atomic mass is 19.1. The van der Waals surface area contributed by atoms with Gasteiger partial charge in [-0.15, -0.1) is 0 Å². The summed E-state index contributed by atoms with van der Waals surface area (Å²) in [5.41, 5.74) is 1.90. The van der Waals surface area contributed by atoms with E-state index in [9.17, 15) is 14.0 Å². The Hall–Kier alpha value is -3.43. The number of ether oxygens (including phenoxy) is 1. The monoisotopic (exact) mass is 466 g/mol. The first kappa shape index (κ1) is 22.4. The molecule has 0 saturated carbocycles. The lowest BCUT2D eigenvalue weighted by atomic mass is 10.1. The lowest BCUT2D eigenvalue weighted by Gasteiger charge is -2.34. The first-order chi connectivity index (χ1) is 16.5. The molecule has 1 amide bonds. The fraction of sp³-hybridized carbons (Fsp3) is 0.360. The maximum atomic E-state index is 14.3. The number of carbonyl (C=O) groups excluding carboxylic acids is 1. The number of rotatable bonds is 4. The molecule has 1 N–H and O–H groups in total. The molecule has 0 radical (unpaired) electrons. The van der Waals surface area contributed by atoms with Crippen LogP contribution in [-0.4, -0.2) is 70.3 Å². The van der Waals surface area contributed by atoms with E-state index in [0.29, 0.717) is 37.7 Å². The van der Waals surface area contributed by atoms with Gasteiger partial charge >= 0.3 is 0 Å². The van der Waals surface area contributed by atoms with Crippen molar-refractivity contribution in [1.29, 1.82) is 0 Å². The molecule has 3 aromatic rings. The summed E-state index contributed by atoms with van der Waals surface area (Å²) in [6, 6.07) is 11.1. The SMILES string of the molecule is CN1CCN(c2cc(F)cc3c(=O)cc(C(=O)Nc4ccc(N5CCOCC5)cc4)oc23)CC1. The molecule has 0 atom stereocenters. The van der Waals surface area contributed by atoms with E-state index < -0.39 is 17.2 Å². The standard InChI is InChI=1S/C25H27FN4O4/c1-28-6-8-30(9-7-28)21-15-17(26)14-20-22(31)16-23(34-24(20)21)25(32)27-18-2-4-19(5-3-18)29-10-12-33-13-11-29/h2-5,14-16H,6-13H2,1H3,(H,27,32). The van der Waals surface area contributed by atoms with Crippen LogP contribution >= 0.6 is 0 Å². The van der Waals surface area contributed by atoms with Crippen LogP contribution in [0.1, 0.15) is 10.6 Å². The van der Waals surface area contributed by atoms with Crippen LogP contribution < -0.4 is 20.5 Å². The van der Waals surface area contributed by atoms with Crippen molar-refractivity contribution in [2.24, 2.45) is 0 Å². The smallest absolute Gasteiger partial charge is 0.291 e. The van der Waals surface area contributed by atoms with Gasteiger partial charge < -0.3 is 29.2 Å². The Morgan fingerprint density at radius 2 is 1.65 bits per heavy atom. The zero-order valence-corrected chi connectivity index (χ0v) is 19.1. The number of anilines is 3. The molecule has 0 unspecified atom stereocenters. The molecule has 8 nitrogen and oxygen atoms in total. The van der Waals surface area contributed by atoms with Crippen molar-refractivity contribution in [3.8, 4) is 0 Å². The Morgan fingerprint density at radius 1 is 0.941 bits per heavy atom. The highest BCUT2D eigenvalue weighted by molar-refractivity contribution is 6.03. The molecular formula is C25H27FN4O4. The van der Waals surface area contributed by atoms with Gasteiger partial charge in [0.2, 0.25) is 0 Å². The summed E-state index contributed by atoms with van der Waals surface area (Å²) in [5.74, 6) is -1.16. The second kappa shape index (κ2) is 9.44. The number of nitrogens with one attached hydrogen (secondary N) is 1. The summed E-state index contributed by atoms with van der Waals surface area (Å²) in [5, 5.41) is 2.91. The van der Waals surface area contributed by atoms with E-state index in [2.05, 4.69) is 15.1 Å². The number of hydrogen-bond acceptors (Lipinski definition) is 7. The van der Waals surface area contributed by atoms with Crippen molar-refractivity contribution >= 4 is 33.9 Å². The van der Waals surface area contributed by atoms with E-state index in [1.54, 1.807) is 0 Å². The van der Waals surface area contributed by atoms with Gasteiger partial charge in [0.25, 0.3) is 5.91 Å². The van der Waals surface area contributed by atoms with Crippen LogP contribution in [0.25, 0.3) is 11.0 Å². The van der Waals surface area contributed by atoms with Gasteiger partial charge in [-0.3, -0.25) is 9.59 Å². The maximum absolute atomic E-state index is 14.3. The van der Waals surface area contributed by atoms with Crippen molar-refractivity contribution in [3.05, 3.63) is 64.3 Å². The number of likely N-dealkylation sites (N-methyl/N-ethyl adjacent to an activating group) is 1. The predicted molar refractivity (Wildman–Crippen MR) is 130 cm³/mol. The van der Waals surface area contributed by atoms with Crippen LogP contribution in [0.2, 0.25) is 0 Å². The summed E-state index contributed by atoms with van der Waals surface area (Å²) in [6.45, 7) is 5.99. The highest BCUT2D eigenvalue weighted by Crippen LogP contribution is 2.29. The third-order valence-electron chi connectivity index (χ3n) is 6.34. The Kier molecular flexibility index (Phi) is 6.21. The summed E-state index contributed by atoms with van der Waals surface area (Å²) in [6.07, 6.45) is 0. The van der Waals surface area contributed by atoms with Crippen LogP contribution in [0.3, 0.4) is 0 Å². The normalized spacial score (nSPS) is 17.2. The Balaban J connectivity index is 1.41. The van der Waals surface area contributed by atoms with E-state index in [0.717, 1.165) is 44.0 Å². The Labute approximate surface area is 196 Å². The number of piperazine rings is 1. The molecular weight excluding hydrogens is 439 g/mol. The van der Waals surface area contributed by atoms with Gasteiger partial charge in [-0.1, -0.05) is 0 Å². The quantitative estimate of drug-likeness (QED) is 0.634. The van der Waals surface area contributed by atoms with E-state index in [1.165, 1.54) is 6.07 Å². The van der Waals surface area contributed by atoms with Gasteiger partial charge in [0.05, 0.1) is 24.3 Å². The molecule has 0 spiro atoms. The Morgan fingerprint density at radius 3 is 2.35 bits per heavy atom. The molecule has 178 valence electrons. The largest absolute Gasteiger partial charge is 0.448 e. The number of morpholine rings is 1. The lowest BCUT2D eigenvalue weighted by Crippen LogP contribution is -2.44. The molecule has 0 aliphatic carbocycles. The molecule has 0 bridgehead atoms. The van der Waals surface area contributed by atoms with E-state index in [1.807, 2.05) is 36.2 Å². The van der Waals surface area contributed by atoms with E-state index in [-0.39, 0.29) is 16.7 Å². The number of nitrogens with zero attached hydrogens (tertiary/aromatic N) is 3. The number of carbonyl (C=O) groups is 1. The van der Waals surface area contributed by atoms with Gasteiger partial charge in [0.15, 0.2) is 16.8 Å². The minimum absolute atomic E-state index is 0.114. The van der Waals surface area contributed by atoms with Crippen LogP contribution in [0, 0.1) is 5.82 Å². The van der Waals surface area contributed by atoms with Crippen LogP contribution in [0.4, 0.5) is 21.5 Å². The van der Waals surface area contributed by atoms with E-state index >= 15 is 0 Å². The lowest BCUT2D eigenvalue weighted by molar-refractivity contribution is 0.0997. The molecule has 2 aliphatic rings. The topological polar surface area (TPSA) is 78.3 Å². The molecule has 2 saturated heterocycles. The average molecular weight is 467 g/mol. The number of amides is 1. The predicted octanol–water partition coefficient (Wildman–Crippen LogP) is 2.77. The molecule has 1 aromatic heterocycles. The number of fused-ring (bicyclic) bond motifs is 1. The van der Waals surface area contributed by atoms with Crippen molar-refractivity contribution in [2.75, 3.05) is 74.6 Å². The third kappa shape index (κ3) is 4.62. The number of benzene rings is 2. The second-order valence-corrected chi connectivity index (χ2v) is 8.67. The highest BCUT2D eigenvalue weighted by Gasteiger charge is 2.22. The van der Waals surface area contributed by atoms with Crippen LogP contribution in [-0.2, 0) is 4.74 Å². The minimum atomic E-state index is -0.535. The molecule has 3 heterocycles. The fourth-order valence-corrected chi connectivity index (χ4v) is 4.37. The van der Waals surface area contributed by atoms with Crippen molar-refractivity contribution in [2.45, 2.75) is 0 Å². The summed E-state index contributed by atoms with van der Waals surface area (Å²) >= 11 is 0. The van der Waals surface area contributed by atoms with Gasteiger partial charge in [-0.05, 0) is 37.4 Å². The van der Waals surface area contributed by atoms with E-state index in [4.69, 9.17) is 9.15 Å². The summed E-state index contributed by atoms with van der Waals surface area (Å²) < 4.78 is 25.6.